The van der Waals surface area contributed by atoms with E-state index in [2.05, 4.69) is 0 Å². The van der Waals surface area contributed by atoms with Crippen LogP contribution in [0.15, 0.2) is 24.3 Å². The van der Waals surface area contributed by atoms with Crippen molar-refractivity contribution in [3.63, 3.8) is 0 Å². The fourth-order valence-corrected chi connectivity index (χ4v) is 2.87. The summed E-state index contributed by atoms with van der Waals surface area (Å²) in [6, 6.07) is 7.61. The number of carbonyl (C=O) groups is 1. The third-order valence-electron chi connectivity index (χ3n) is 4.03. The second kappa shape index (κ2) is 5.16. The molecule has 0 radical (unpaired) electrons. The van der Waals surface area contributed by atoms with Crippen LogP contribution < -0.4 is 4.90 Å². The second-order valence-electron chi connectivity index (χ2n) is 5.55. The Bertz CT molecular complexity index is 512. The van der Waals surface area contributed by atoms with Crippen LogP contribution in [0.25, 0.3) is 0 Å². The number of ether oxygens (including phenoxy) is 2. The monoisotopic (exact) mass is 277 g/mol. The van der Waals surface area contributed by atoms with Gasteiger partial charge in [0.05, 0.1) is 25.4 Å². The molecule has 5 nitrogen and oxygen atoms in total. The first-order valence-corrected chi connectivity index (χ1v) is 6.91. The Hall–Kier alpha value is -1.43. The largest absolute Gasteiger partial charge is 0.394 e. The van der Waals surface area contributed by atoms with Gasteiger partial charge in [0.2, 0.25) is 5.91 Å². The second-order valence-corrected chi connectivity index (χ2v) is 5.55. The van der Waals surface area contributed by atoms with Gasteiger partial charge in [-0.1, -0.05) is 12.1 Å². The molecule has 1 amide bonds. The molecule has 3 rings (SSSR count). The summed E-state index contributed by atoms with van der Waals surface area (Å²) in [4.78, 5) is 13.8. The lowest BCUT2D eigenvalue weighted by atomic mass is 9.99. The van der Waals surface area contributed by atoms with E-state index in [1.165, 1.54) is 0 Å². The SMILES string of the molecule is CC1(CO)CCC(=O)N1c1cccc(C2OCCO2)c1. The van der Waals surface area contributed by atoms with E-state index in [9.17, 15) is 9.90 Å². The van der Waals surface area contributed by atoms with Crippen molar-refractivity contribution < 1.29 is 19.4 Å². The van der Waals surface area contributed by atoms with Crippen LogP contribution in [0, 0.1) is 0 Å². The molecule has 1 unspecified atom stereocenters. The Labute approximate surface area is 118 Å². The zero-order chi connectivity index (χ0) is 14.2. The highest BCUT2D eigenvalue weighted by Crippen LogP contribution is 2.36. The Kier molecular flexibility index (Phi) is 3.50. The highest BCUT2D eigenvalue weighted by Gasteiger charge is 2.42. The lowest BCUT2D eigenvalue weighted by molar-refractivity contribution is -0.117. The van der Waals surface area contributed by atoms with Crippen molar-refractivity contribution >= 4 is 11.6 Å². The summed E-state index contributed by atoms with van der Waals surface area (Å²) in [5, 5.41) is 9.61. The molecule has 5 heteroatoms. The standard InChI is InChI=1S/C15H19NO4/c1-15(10-17)6-5-13(18)16(15)12-4-2-3-11(9-12)14-19-7-8-20-14/h2-4,9,14,17H,5-8,10H2,1H3. The average molecular weight is 277 g/mol. The molecule has 0 saturated carbocycles. The average Bonchev–Trinajstić information content (AvgIpc) is 3.08. The summed E-state index contributed by atoms with van der Waals surface area (Å²) in [5.41, 5.74) is 1.17. The first-order valence-electron chi connectivity index (χ1n) is 6.91. The molecule has 0 spiro atoms. The van der Waals surface area contributed by atoms with Crippen LogP contribution in [0.3, 0.4) is 0 Å². The van der Waals surface area contributed by atoms with E-state index in [-0.39, 0.29) is 18.8 Å². The van der Waals surface area contributed by atoms with Crippen LogP contribution in [0.1, 0.15) is 31.6 Å². The van der Waals surface area contributed by atoms with Crippen molar-refractivity contribution in [3.05, 3.63) is 29.8 Å². The number of benzene rings is 1. The number of aliphatic hydroxyl groups is 1. The molecule has 20 heavy (non-hydrogen) atoms. The van der Waals surface area contributed by atoms with Gasteiger partial charge in [0.15, 0.2) is 6.29 Å². The molecular weight excluding hydrogens is 258 g/mol. The first-order chi connectivity index (χ1) is 9.64. The van der Waals surface area contributed by atoms with Crippen LogP contribution >= 0.6 is 0 Å². The van der Waals surface area contributed by atoms with Crippen LogP contribution in [0.4, 0.5) is 5.69 Å². The van der Waals surface area contributed by atoms with Gasteiger partial charge in [-0.15, -0.1) is 0 Å². The zero-order valence-corrected chi connectivity index (χ0v) is 11.5. The van der Waals surface area contributed by atoms with Crippen molar-refractivity contribution in [2.75, 3.05) is 24.7 Å². The molecular formula is C15H19NO4. The molecule has 1 N–H and O–H groups in total. The summed E-state index contributed by atoms with van der Waals surface area (Å²) in [6.45, 7) is 3.05. The minimum atomic E-state index is -0.521. The van der Waals surface area contributed by atoms with Crippen molar-refractivity contribution in [2.24, 2.45) is 0 Å². The van der Waals surface area contributed by atoms with Gasteiger partial charge in [-0.2, -0.15) is 0 Å². The predicted octanol–water partition coefficient (Wildman–Crippen LogP) is 1.61. The summed E-state index contributed by atoms with van der Waals surface area (Å²) >= 11 is 0. The van der Waals surface area contributed by atoms with Crippen LogP contribution in [0.2, 0.25) is 0 Å². The van der Waals surface area contributed by atoms with Crippen LogP contribution in [-0.2, 0) is 14.3 Å². The summed E-state index contributed by atoms with van der Waals surface area (Å²) < 4.78 is 11.0. The van der Waals surface area contributed by atoms with Gasteiger partial charge in [0, 0.05) is 17.7 Å². The highest BCUT2D eigenvalue weighted by molar-refractivity contribution is 5.97. The molecule has 2 fully saturated rings. The Morgan fingerprint density at radius 3 is 2.85 bits per heavy atom. The molecule has 0 bridgehead atoms. The van der Waals surface area contributed by atoms with Gasteiger partial charge in [-0.05, 0) is 25.5 Å². The number of amides is 1. The molecule has 2 heterocycles. The lowest BCUT2D eigenvalue weighted by Crippen LogP contribution is -2.46. The Morgan fingerprint density at radius 1 is 1.40 bits per heavy atom. The molecule has 1 atom stereocenters. The smallest absolute Gasteiger partial charge is 0.227 e. The van der Waals surface area contributed by atoms with Gasteiger partial charge in [0.1, 0.15) is 0 Å². The van der Waals surface area contributed by atoms with E-state index in [0.29, 0.717) is 26.1 Å². The van der Waals surface area contributed by atoms with Crippen molar-refractivity contribution in [1.29, 1.82) is 0 Å². The quantitative estimate of drug-likeness (QED) is 0.912. The molecule has 2 aliphatic rings. The van der Waals surface area contributed by atoms with E-state index in [1.54, 1.807) is 4.90 Å². The number of nitrogens with zero attached hydrogens (tertiary/aromatic N) is 1. The van der Waals surface area contributed by atoms with Crippen molar-refractivity contribution in [1.82, 2.24) is 0 Å². The number of carbonyl (C=O) groups excluding carboxylic acids is 1. The predicted molar refractivity (Wildman–Crippen MR) is 73.3 cm³/mol. The first kappa shape index (κ1) is 13.5. The number of hydrogen-bond donors (Lipinski definition) is 1. The van der Waals surface area contributed by atoms with Gasteiger partial charge < -0.3 is 19.5 Å². The maximum atomic E-state index is 12.1. The van der Waals surface area contributed by atoms with Crippen molar-refractivity contribution in [3.8, 4) is 0 Å². The normalized spacial score (nSPS) is 27.5. The summed E-state index contributed by atoms with van der Waals surface area (Å²) in [7, 11) is 0. The van der Waals surface area contributed by atoms with Crippen molar-refractivity contribution in [2.45, 2.75) is 31.6 Å². The van der Waals surface area contributed by atoms with E-state index >= 15 is 0 Å². The van der Waals surface area contributed by atoms with Gasteiger partial charge >= 0.3 is 0 Å². The third kappa shape index (κ3) is 2.22. The van der Waals surface area contributed by atoms with Gasteiger partial charge in [-0.25, -0.2) is 0 Å². The number of hydrogen-bond acceptors (Lipinski definition) is 4. The van der Waals surface area contributed by atoms with Crippen LogP contribution in [-0.4, -0.2) is 36.4 Å². The molecule has 0 aromatic heterocycles. The number of anilines is 1. The fraction of sp³-hybridized carbons (Fsp3) is 0.533. The van der Waals surface area contributed by atoms with E-state index in [1.807, 2.05) is 31.2 Å². The Morgan fingerprint density at radius 2 is 2.15 bits per heavy atom. The molecule has 2 saturated heterocycles. The molecule has 108 valence electrons. The Balaban J connectivity index is 1.93. The maximum absolute atomic E-state index is 12.1. The van der Waals surface area contributed by atoms with Gasteiger partial charge in [-0.3, -0.25) is 4.79 Å². The third-order valence-corrected chi connectivity index (χ3v) is 4.03. The summed E-state index contributed by atoms with van der Waals surface area (Å²) in [6.07, 6.45) is 0.786. The van der Waals surface area contributed by atoms with Crippen LogP contribution in [0.5, 0.6) is 0 Å². The zero-order valence-electron chi connectivity index (χ0n) is 11.5. The minimum Gasteiger partial charge on any atom is -0.394 e. The van der Waals surface area contributed by atoms with E-state index in [4.69, 9.17) is 9.47 Å². The number of aliphatic hydroxyl groups excluding tert-OH is 1. The van der Waals surface area contributed by atoms with E-state index in [0.717, 1.165) is 11.3 Å². The topological polar surface area (TPSA) is 59.0 Å². The summed E-state index contributed by atoms with van der Waals surface area (Å²) in [5.74, 6) is 0.0481. The maximum Gasteiger partial charge on any atom is 0.227 e. The minimum absolute atomic E-state index is 0.0423. The van der Waals surface area contributed by atoms with Gasteiger partial charge in [0.25, 0.3) is 0 Å². The molecule has 2 aliphatic heterocycles. The van der Waals surface area contributed by atoms with E-state index < -0.39 is 5.54 Å². The lowest BCUT2D eigenvalue weighted by Gasteiger charge is -2.34. The molecule has 1 aromatic carbocycles. The molecule has 0 aliphatic carbocycles. The highest BCUT2D eigenvalue weighted by atomic mass is 16.7. The number of rotatable bonds is 3. The fourth-order valence-electron chi connectivity index (χ4n) is 2.87. The molecule has 1 aromatic rings.